The van der Waals surface area contributed by atoms with Crippen LogP contribution in [0.2, 0.25) is 0 Å². The number of ether oxygens (including phenoxy) is 2. The lowest BCUT2D eigenvalue weighted by Gasteiger charge is -2.26. The number of hydrogen-bond acceptors (Lipinski definition) is 4. The average molecular weight is 341 g/mol. The van der Waals surface area contributed by atoms with Crippen LogP contribution in [0.4, 0.5) is 0 Å². The number of rotatable bonds is 2. The van der Waals surface area contributed by atoms with Gasteiger partial charge in [-0.25, -0.2) is 0 Å². The lowest BCUT2D eigenvalue weighted by molar-refractivity contribution is 0.259. The first-order valence-electron chi connectivity index (χ1n) is 7.29. The van der Waals surface area contributed by atoms with Crippen LogP contribution in [-0.4, -0.2) is 37.2 Å². The minimum absolute atomic E-state index is 0.187. The molecule has 1 aromatic rings. The molecule has 0 aliphatic carbocycles. The summed E-state index contributed by atoms with van der Waals surface area (Å²) < 4.78 is 12.5. The Bertz CT molecular complexity index is 495. The molecule has 0 bridgehead atoms. The summed E-state index contributed by atoms with van der Waals surface area (Å²) in [6.07, 6.45) is 1.96. The molecule has 0 saturated carbocycles. The highest BCUT2D eigenvalue weighted by Crippen LogP contribution is 2.42. The van der Waals surface area contributed by atoms with Crippen molar-refractivity contribution < 1.29 is 9.47 Å². The number of nitrogens with zero attached hydrogens (tertiary/aromatic N) is 1. The van der Waals surface area contributed by atoms with Gasteiger partial charge in [0.05, 0.1) is 23.7 Å². The van der Waals surface area contributed by atoms with Gasteiger partial charge in [-0.1, -0.05) is 6.92 Å². The third-order valence-corrected chi connectivity index (χ3v) is 4.71. The Kier molecular flexibility index (Phi) is 4.19. The summed E-state index contributed by atoms with van der Waals surface area (Å²) in [6.45, 7) is 5.67. The van der Waals surface area contributed by atoms with Crippen LogP contribution >= 0.6 is 15.9 Å². The largest absolute Gasteiger partial charge is 0.490 e. The maximum absolute atomic E-state index is 6.30. The van der Waals surface area contributed by atoms with Crippen LogP contribution in [0.3, 0.4) is 0 Å². The fraction of sp³-hybridized carbons (Fsp3) is 0.600. The maximum atomic E-state index is 6.30. The van der Waals surface area contributed by atoms with Crippen molar-refractivity contribution in [1.29, 1.82) is 0 Å². The van der Waals surface area contributed by atoms with Gasteiger partial charge in [0.1, 0.15) is 0 Å². The van der Waals surface area contributed by atoms with Crippen LogP contribution in [0.1, 0.15) is 31.4 Å². The number of halogens is 1. The second kappa shape index (κ2) is 5.92. The van der Waals surface area contributed by atoms with E-state index in [1.165, 1.54) is 5.56 Å². The third kappa shape index (κ3) is 2.54. The first-order chi connectivity index (χ1) is 9.70. The number of nitrogens with two attached hydrogens (primary N) is 1. The molecule has 20 heavy (non-hydrogen) atoms. The molecule has 1 fully saturated rings. The van der Waals surface area contributed by atoms with Crippen LogP contribution in [0.5, 0.6) is 11.5 Å². The molecule has 0 aromatic heterocycles. The SMILES string of the molecule is CCN1CCC(N)C1c1cc(Br)c2c(c1)OCCCO2. The molecular weight excluding hydrogens is 320 g/mol. The highest BCUT2D eigenvalue weighted by Gasteiger charge is 2.33. The number of fused-ring (bicyclic) bond motifs is 1. The molecule has 2 unspecified atom stereocenters. The van der Waals surface area contributed by atoms with Gasteiger partial charge in [0.25, 0.3) is 0 Å². The van der Waals surface area contributed by atoms with Crippen molar-refractivity contribution in [2.24, 2.45) is 5.73 Å². The van der Waals surface area contributed by atoms with Gasteiger partial charge in [0.2, 0.25) is 0 Å². The normalized spacial score (nSPS) is 26.6. The standard InChI is InChI=1S/C15H21BrN2O2/c1-2-18-5-4-12(17)14(18)10-8-11(16)15-13(9-10)19-6-3-7-20-15/h8-9,12,14H,2-7,17H2,1H3. The van der Waals surface area contributed by atoms with Gasteiger partial charge in [-0.15, -0.1) is 0 Å². The van der Waals surface area contributed by atoms with Crippen molar-refractivity contribution >= 4 is 15.9 Å². The monoisotopic (exact) mass is 340 g/mol. The van der Waals surface area contributed by atoms with Gasteiger partial charge in [0.15, 0.2) is 11.5 Å². The van der Waals surface area contributed by atoms with Gasteiger partial charge in [-0.3, -0.25) is 4.90 Å². The Hall–Kier alpha value is -0.780. The molecule has 0 spiro atoms. The Labute approximate surface area is 128 Å². The zero-order valence-electron chi connectivity index (χ0n) is 11.8. The van der Waals surface area contributed by atoms with E-state index in [0.29, 0.717) is 13.2 Å². The zero-order chi connectivity index (χ0) is 14.1. The molecule has 3 rings (SSSR count). The lowest BCUT2D eigenvalue weighted by Crippen LogP contribution is -2.31. The molecule has 2 atom stereocenters. The zero-order valence-corrected chi connectivity index (χ0v) is 13.4. The summed E-state index contributed by atoms with van der Waals surface area (Å²) in [6, 6.07) is 4.69. The summed E-state index contributed by atoms with van der Waals surface area (Å²) in [5, 5.41) is 0. The quantitative estimate of drug-likeness (QED) is 0.899. The summed E-state index contributed by atoms with van der Waals surface area (Å²) in [5.41, 5.74) is 7.52. The van der Waals surface area contributed by atoms with E-state index >= 15 is 0 Å². The van der Waals surface area contributed by atoms with E-state index in [1.807, 2.05) is 0 Å². The summed E-state index contributed by atoms with van der Waals surface area (Å²) in [4.78, 5) is 2.43. The van der Waals surface area contributed by atoms with E-state index in [1.54, 1.807) is 0 Å². The van der Waals surface area contributed by atoms with Gasteiger partial charge in [-0.2, -0.15) is 0 Å². The van der Waals surface area contributed by atoms with Crippen LogP contribution in [0, 0.1) is 0 Å². The van der Waals surface area contributed by atoms with Crippen molar-refractivity contribution in [3.05, 3.63) is 22.2 Å². The topological polar surface area (TPSA) is 47.7 Å². The molecule has 1 saturated heterocycles. The predicted octanol–water partition coefficient (Wildman–Crippen LogP) is 2.70. The Morgan fingerprint density at radius 2 is 2.15 bits per heavy atom. The smallest absolute Gasteiger partial charge is 0.175 e. The molecule has 0 amide bonds. The van der Waals surface area contributed by atoms with Crippen molar-refractivity contribution in [2.75, 3.05) is 26.3 Å². The molecule has 0 radical (unpaired) electrons. The van der Waals surface area contributed by atoms with Crippen molar-refractivity contribution in [2.45, 2.75) is 31.8 Å². The van der Waals surface area contributed by atoms with Crippen LogP contribution in [0.25, 0.3) is 0 Å². The predicted molar refractivity (Wildman–Crippen MR) is 82.3 cm³/mol. The van der Waals surface area contributed by atoms with E-state index < -0.39 is 0 Å². The molecule has 2 aliphatic heterocycles. The minimum atomic E-state index is 0.187. The molecule has 110 valence electrons. The Morgan fingerprint density at radius 3 is 2.95 bits per heavy atom. The van der Waals surface area contributed by atoms with Gasteiger partial charge < -0.3 is 15.2 Å². The maximum Gasteiger partial charge on any atom is 0.175 e. The Balaban J connectivity index is 1.98. The van der Waals surface area contributed by atoms with E-state index in [9.17, 15) is 0 Å². The second-order valence-corrected chi connectivity index (χ2v) is 6.26. The van der Waals surface area contributed by atoms with Crippen LogP contribution in [-0.2, 0) is 0 Å². The summed E-state index contributed by atoms with van der Waals surface area (Å²) >= 11 is 3.61. The third-order valence-electron chi connectivity index (χ3n) is 4.12. The molecule has 2 heterocycles. The van der Waals surface area contributed by atoms with Gasteiger partial charge >= 0.3 is 0 Å². The first kappa shape index (κ1) is 14.2. The number of benzene rings is 1. The Morgan fingerprint density at radius 1 is 1.35 bits per heavy atom. The minimum Gasteiger partial charge on any atom is -0.490 e. The number of likely N-dealkylation sites (N-methyl/N-ethyl adjacent to an activating group) is 1. The first-order valence-corrected chi connectivity index (χ1v) is 8.08. The highest BCUT2D eigenvalue weighted by atomic mass is 79.9. The van der Waals surface area contributed by atoms with Gasteiger partial charge in [-0.05, 0) is 46.6 Å². The number of hydrogen-bond donors (Lipinski definition) is 1. The second-order valence-electron chi connectivity index (χ2n) is 5.41. The molecule has 5 heteroatoms. The molecular formula is C15H21BrN2O2. The van der Waals surface area contributed by atoms with Gasteiger partial charge in [0, 0.05) is 19.0 Å². The van der Waals surface area contributed by atoms with Crippen molar-refractivity contribution in [1.82, 2.24) is 4.90 Å². The molecule has 2 N–H and O–H groups in total. The van der Waals surface area contributed by atoms with Crippen molar-refractivity contribution in [3.8, 4) is 11.5 Å². The number of likely N-dealkylation sites (tertiary alicyclic amines) is 1. The van der Waals surface area contributed by atoms with Crippen LogP contribution < -0.4 is 15.2 Å². The average Bonchev–Trinajstić information content (AvgIpc) is 2.66. The molecule has 4 nitrogen and oxygen atoms in total. The highest BCUT2D eigenvalue weighted by molar-refractivity contribution is 9.10. The van der Waals surface area contributed by atoms with E-state index in [4.69, 9.17) is 15.2 Å². The molecule has 2 aliphatic rings. The summed E-state index contributed by atoms with van der Waals surface area (Å²) in [7, 11) is 0. The lowest BCUT2D eigenvalue weighted by atomic mass is 10.00. The van der Waals surface area contributed by atoms with E-state index in [0.717, 1.165) is 41.9 Å². The fourth-order valence-electron chi connectivity index (χ4n) is 3.12. The van der Waals surface area contributed by atoms with E-state index in [-0.39, 0.29) is 12.1 Å². The van der Waals surface area contributed by atoms with E-state index in [2.05, 4.69) is 39.9 Å². The summed E-state index contributed by atoms with van der Waals surface area (Å²) in [5.74, 6) is 1.66. The fourth-order valence-corrected chi connectivity index (χ4v) is 3.69. The molecule has 1 aromatic carbocycles. The van der Waals surface area contributed by atoms with Crippen LogP contribution in [0.15, 0.2) is 16.6 Å². The van der Waals surface area contributed by atoms with Crippen molar-refractivity contribution in [3.63, 3.8) is 0 Å².